The summed E-state index contributed by atoms with van der Waals surface area (Å²) >= 11 is 5.93. The molecule has 0 unspecified atom stereocenters. The Hall–Kier alpha value is -3.58. The molecule has 166 valence electrons. The maximum atomic E-state index is 12.0. The number of nitrogens with one attached hydrogen (secondary N) is 2. The average molecular weight is 454 g/mol. The first-order chi connectivity index (χ1) is 15.4. The molecule has 0 aliphatic rings. The zero-order valence-corrected chi connectivity index (χ0v) is 18.6. The number of carbonyl (C=O) groups excluding carboxylic acids is 2. The molecule has 0 radical (unpaired) electrons. The van der Waals surface area contributed by atoms with Crippen molar-refractivity contribution in [2.45, 2.75) is 26.7 Å². The monoisotopic (exact) mass is 453 g/mol. The quantitative estimate of drug-likeness (QED) is 0.265. The summed E-state index contributed by atoms with van der Waals surface area (Å²) in [6.07, 6.45) is 2.30. The van der Waals surface area contributed by atoms with Crippen LogP contribution in [0.5, 0.6) is 5.75 Å². The Morgan fingerprint density at radius 1 is 1.12 bits per heavy atom. The number of halogens is 1. The summed E-state index contributed by atoms with van der Waals surface area (Å²) in [5, 5.41) is 7.55. The van der Waals surface area contributed by atoms with Crippen LogP contribution >= 0.6 is 11.6 Å². The van der Waals surface area contributed by atoms with Gasteiger partial charge in [-0.05, 0) is 73.9 Å². The van der Waals surface area contributed by atoms with Gasteiger partial charge >= 0.3 is 0 Å². The predicted molar refractivity (Wildman–Crippen MR) is 124 cm³/mol. The van der Waals surface area contributed by atoms with Crippen LogP contribution in [0.2, 0.25) is 5.02 Å². The summed E-state index contributed by atoms with van der Waals surface area (Å²) in [4.78, 5) is 24.0. The van der Waals surface area contributed by atoms with Crippen LogP contribution in [0.25, 0.3) is 0 Å². The maximum absolute atomic E-state index is 12.0. The van der Waals surface area contributed by atoms with E-state index in [4.69, 9.17) is 20.8 Å². The molecule has 0 atom stereocenters. The van der Waals surface area contributed by atoms with Crippen LogP contribution in [0, 0.1) is 6.92 Å². The highest BCUT2D eigenvalue weighted by atomic mass is 35.5. The summed E-state index contributed by atoms with van der Waals surface area (Å²) in [7, 11) is 0. The van der Waals surface area contributed by atoms with Crippen LogP contribution in [-0.4, -0.2) is 24.1 Å². The third-order valence-electron chi connectivity index (χ3n) is 4.60. The van der Waals surface area contributed by atoms with Gasteiger partial charge in [-0.3, -0.25) is 9.59 Å². The van der Waals surface area contributed by atoms with Crippen molar-refractivity contribution >= 4 is 34.8 Å². The zero-order valence-electron chi connectivity index (χ0n) is 17.9. The number of rotatable bonds is 9. The highest BCUT2D eigenvalue weighted by molar-refractivity contribution is 6.30. The molecular formula is C24H24ClN3O4. The van der Waals surface area contributed by atoms with Gasteiger partial charge in [-0.15, -0.1) is 0 Å². The first-order valence-electron chi connectivity index (χ1n) is 10.1. The number of nitrogens with zero attached hydrogens (tertiary/aromatic N) is 1. The molecule has 2 aromatic carbocycles. The van der Waals surface area contributed by atoms with Gasteiger partial charge in [0.2, 0.25) is 5.91 Å². The van der Waals surface area contributed by atoms with Crippen molar-refractivity contribution in [3.8, 4) is 5.75 Å². The topological polar surface area (TPSA) is 92.9 Å². The lowest BCUT2D eigenvalue weighted by molar-refractivity contribution is -0.121. The molecule has 0 aliphatic carbocycles. The first-order valence-corrected chi connectivity index (χ1v) is 10.5. The molecule has 0 aliphatic heterocycles. The normalized spacial score (nSPS) is 11.2. The molecule has 3 rings (SSSR count). The molecule has 0 spiro atoms. The Labute approximate surface area is 191 Å². The van der Waals surface area contributed by atoms with E-state index in [0.29, 0.717) is 35.9 Å². The van der Waals surface area contributed by atoms with Crippen LogP contribution in [0.4, 0.5) is 5.69 Å². The summed E-state index contributed by atoms with van der Waals surface area (Å²) in [6, 6.07) is 15.8. The van der Waals surface area contributed by atoms with Crippen molar-refractivity contribution in [2.24, 2.45) is 5.10 Å². The SMILES string of the molecule is CC(=NNC(=O)CCCOc1ccc(Cl)cc1C)c1ccc(NC(=O)c2ccco2)cc1. The number of ether oxygens (including phenoxy) is 1. The number of hydrogen-bond acceptors (Lipinski definition) is 5. The molecule has 1 heterocycles. The van der Waals surface area contributed by atoms with E-state index in [0.717, 1.165) is 16.9 Å². The molecule has 3 aromatic rings. The smallest absolute Gasteiger partial charge is 0.291 e. The van der Waals surface area contributed by atoms with Crippen molar-refractivity contribution < 1.29 is 18.7 Å². The van der Waals surface area contributed by atoms with Crippen LogP contribution in [0.15, 0.2) is 70.4 Å². The molecule has 8 heteroatoms. The number of benzene rings is 2. The number of anilines is 1. The number of amides is 2. The van der Waals surface area contributed by atoms with Crippen LogP contribution in [-0.2, 0) is 4.79 Å². The van der Waals surface area contributed by atoms with E-state index in [1.165, 1.54) is 6.26 Å². The second-order valence-electron chi connectivity index (χ2n) is 7.10. The Bertz CT molecular complexity index is 1090. The largest absolute Gasteiger partial charge is 0.493 e. The summed E-state index contributed by atoms with van der Waals surface area (Å²) in [5.74, 6) is 0.481. The van der Waals surface area contributed by atoms with Crippen LogP contribution < -0.4 is 15.5 Å². The van der Waals surface area contributed by atoms with Gasteiger partial charge in [0, 0.05) is 17.1 Å². The predicted octanol–water partition coefficient (Wildman–Crippen LogP) is 5.19. The maximum Gasteiger partial charge on any atom is 0.291 e. The second kappa shape index (κ2) is 11.2. The zero-order chi connectivity index (χ0) is 22.9. The molecule has 7 nitrogen and oxygen atoms in total. The van der Waals surface area contributed by atoms with Gasteiger partial charge < -0.3 is 14.5 Å². The lowest BCUT2D eigenvalue weighted by atomic mass is 10.1. The molecular weight excluding hydrogens is 430 g/mol. The van der Waals surface area contributed by atoms with Crippen molar-refractivity contribution in [3.63, 3.8) is 0 Å². The second-order valence-corrected chi connectivity index (χ2v) is 7.54. The summed E-state index contributed by atoms with van der Waals surface area (Å²) < 4.78 is 10.8. The van der Waals surface area contributed by atoms with Gasteiger partial charge in [0.15, 0.2) is 5.76 Å². The third-order valence-corrected chi connectivity index (χ3v) is 4.83. The van der Waals surface area contributed by atoms with Crippen molar-refractivity contribution in [1.82, 2.24) is 5.43 Å². The fraction of sp³-hybridized carbons (Fsp3) is 0.208. The van der Waals surface area contributed by atoms with Gasteiger partial charge in [0.1, 0.15) is 5.75 Å². The molecule has 32 heavy (non-hydrogen) atoms. The van der Waals surface area contributed by atoms with Gasteiger partial charge in [0.05, 0.1) is 18.6 Å². The minimum atomic E-state index is -0.324. The van der Waals surface area contributed by atoms with Gasteiger partial charge in [-0.1, -0.05) is 23.7 Å². The Morgan fingerprint density at radius 2 is 1.91 bits per heavy atom. The molecule has 2 amide bonds. The molecule has 1 aromatic heterocycles. The van der Waals surface area contributed by atoms with Gasteiger partial charge in [-0.2, -0.15) is 5.10 Å². The fourth-order valence-electron chi connectivity index (χ4n) is 2.85. The van der Waals surface area contributed by atoms with Crippen LogP contribution in [0.3, 0.4) is 0 Å². The van der Waals surface area contributed by atoms with E-state index in [1.807, 2.05) is 31.2 Å². The standard InChI is InChI=1S/C24H24ClN3O4/c1-16-15-19(25)9-12-21(16)31-14-4-6-23(29)28-27-17(2)18-7-10-20(11-8-18)26-24(30)22-5-3-13-32-22/h3,5,7-13,15H,4,6,14H2,1-2H3,(H,26,30)(H,28,29). The highest BCUT2D eigenvalue weighted by Crippen LogP contribution is 2.22. The summed E-state index contributed by atoms with van der Waals surface area (Å²) in [5.41, 5.74) is 5.61. The van der Waals surface area contributed by atoms with E-state index < -0.39 is 0 Å². The van der Waals surface area contributed by atoms with Crippen molar-refractivity contribution in [3.05, 3.63) is 82.8 Å². The lowest BCUT2D eigenvalue weighted by Crippen LogP contribution is -2.19. The van der Waals surface area contributed by atoms with E-state index in [1.54, 1.807) is 37.3 Å². The van der Waals surface area contributed by atoms with Gasteiger partial charge in [0.25, 0.3) is 5.91 Å². The number of aryl methyl sites for hydroxylation is 1. The average Bonchev–Trinajstić information content (AvgIpc) is 3.32. The number of hydrogen-bond donors (Lipinski definition) is 2. The number of carbonyl (C=O) groups is 2. The van der Waals surface area contributed by atoms with Crippen molar-refractivity contribution in [2.75, 3.05) is 11.9 Å². The fourth-order valence-corrected chi connectivity index (χ4v) is 3.08. The van der Waals surface area contributed by atoms with Crippen LogP contribution in [0.1, 0.15) is 41.4 Å². The Morgan fingerprint density at radius 3 is 2.59 bits per heavy atom. The molecule has 0 saturated heterocycles. The third kappa shape index (κ3) is 6.72. The van der Waals surface area contributed by atoms with E-state index in [9.17, 15) is 9.59 Å². The molecule has 0 saturated carbocycles. The number of furan rings is 1. The Kier molecular flexibility index (Phi) is 8.05. The molecule has 2 N–H and O–H groups in total. The highest BCUT2D eigenvalue weighted by Gasteiger charge is 2.09. The van der Waals surface area contributed by atoms with E-state index >= 15 is 0 Å². The minimum Gasteiger partial charge on any atom is -0.493 e. The lowest BCUT2D eigenvalue weighted by Gasteiger charge is -2.09. The van der Waals surface area contributed by atoms with E-state index in [2.05, 4.69) is 15.8 Å². The number of hydrazone groups is 1. The van der Waals surface area contributed by atoms with E-state index in [-0.39, 0.29) is 17.6 Å². The molecule has 0 bridgehead atoms. The van der Waals surface area contributed by atoms with Crippen molar-refractivity contribution in [1.29, 1.82) is 0 Å². The summed E-state index contributed by atoms with van der Waals surface area (Å²) in [6.45, 7) is 4.14. The van der Waals surface area contributed by atoms with Gasteiger partial charge in [-0.25, -0.2) is 5.43 Å². The Balaban J connectivity index is 1.42. The molecule has 0 fully saturated rings. The first kappa shape index (κ1) is 23.1. The minimum absolute atomic E-state index is 0.192.